The molecule has 1 aliphatic rings. The lowest BCUT2D eigenvalue weighted by Crippen LogP contribution is -2.39. The van der Waals surface area contributed by atoms with E-state index in [1.807, 2.05) is 0 Å². The molecule has 0 radical (unpaired) electrons. The summed E-state index contributed by atoms with van der Waals surface area (Å²) in [7, 11) is 0. The molecule has 3 heteroatoms. The maximum absolute atomic E-state index is 5.96. The van der Waals surface area contributed by atoms with Crippen molar-refractivity contribution in [3.8, 4) is 0 Å². The van der Waals surface area contributed by atoms with Crippen LogP contribution in [0.25, 0.3) is 0 Å². The quantitative estimate of drug-likeness (QED) is 0.718. The number of rotatable bonds is 5. The number of hydrogen-bond donors (Lipinski definition) is 1. The molecule has 14 heavy (non-hydrogen) atoms. The van der Waals surface area contributed by atoms with E-state index in [0.717, 1.165) is 32.2 Å². The summed E-state index contributed by atoms with van der Waals surface area (Å²) >= 11 is 0. The molecule has 1 rings (SSSR count). The van der Waals surface area contributed by atoms with Crippen molar-refractivity contribution in [2.75, 3.05) is 32.8 Å². The fourth-order valence-corrected chi connectivity index (χ4v) is 1.98. The van der Waals surface area contributed by atoms with Crippen LogP contribution in [0.15, 0.2) is 0 Å². The third-order valence-corrected chi connectivity index (χ3v) is 2.81. The molecule has 1 aliphatic heterocycles. The van der Waals surface area contributed by atoms with Crippen molar-refractivity contribution in [1.29, 1.82) is 0 Å². The highest BCUT2D eigenvalue weighted by Gasteiger charge is 2.26. The Morgan fingerprint density at radius 3 is 2.57 bits per heavy atom. The van der Waals surface area contributed by atoms with Crippen molar-refractivity contribution >= 4 is 0 Å². The second-order valence-electron chi connectivity index (χ2n) is 4.71. The van der Waals surface area contributed by atoms with Crippen LogP contribution >= 0.6 is 0 Å². The Kier molecular flexibility index (Phi) is 4.85. The van der Waals surface area contributed by atoms with E-state index in [9.17, 15) is 0 Å². The average Bonchev–Trinajstić information content (AvgIpc) is 2.50. The first-order valence-corrected chi connectivity index (χ1v) is 5.69. The van der Waals surface area contributed by atoms with E-state index in [2.05, 4.69) is 25.7 Å². The van der Waals surface area contributed by atoms with Crippen LogP contribution in [0, 0.1) is 11.8 Å². The van der Waals surface area contributed by atoms with E-state index in [0.29, 0.717) is 5.92 Å². The van der Waals surface area contributed by atoms with E-state index in [4.69, 9.17) is 10.5 Å². The van der Waals surface area contributed by atoms with Crippen molar-refractivity contribution < 1.29 is 4.74 Å². The number of hydrogen-bond acceptors (Lipinski definition) is 3. The minimum absolute atomic E-state index is 0.246. The second-order valence-corrected chi connectivity index (χ2v) is 4.71. The summed E-state index contributed by atoms with van der Waals surface area (Å²) in [6.07, 6.45) is 0. The van der Waals surface area contributed by atoms with Gasteiger partial charge in [0.1, 0.15) is 0 Å². The van der Waals surface area contributed by atoms with Crippen LogP contribution in [-0.2, 0) is 4.74 Å². The van der Waals surface area contributed by atoms with Gasteiger partial charge in [-0.05, 0) is 12.5 Å². The molecule has 0 aromatic heterocycles. The Balaban J connectivity index is 2.31. The predicted octanol–water partition coefficient (Wildman–Crippen LogP) is 0.938. The van der Waals surface area contributed by atoms with E-state index in [1.165, 1.54) is 6.54 Å². The fourth-order valence-electron chi connectivity index (χ4n) is 1.98. The van der Waals surface area contributed by atoms with Crippen LogP contribution < -0.4 is 5.73 Å². The third kappa shape index (κ3) is 3.56. The molecule has 1 fully saturated rings. The van der Waals surface area contributed by atoms with Crippen molar-refractivity contribution in [1.82, 2.24) is 4.90 Å². The number of nitrogens with zero attached hydrogens (tertiary/aromatic N) is 1. The average molecular weight is 200 g/mol. The van der Waals surface area contributed by atoms with Gasteiger partial charge in [0.15, 0.2) is 0 Å². The molecule has 0 aromatic carbocycles. The zero-order valence-corrected chi connectivity index (χ0v) is 9.70. The molecule has 3 nitrogen and oxygen atoms in total. The van der Waals surface area contributed by atoms with Crippen LogP contribution in [0.3, 0.4) is 0 Å². The molecular weight excluding hydrogens is 176 g/mol. The first-order chi connectivity index (χ1) is 6.63. The first-order valence-electron chi connectivity index (χ1n) is 5.69. The van der Waals surface area contributed by atoms with Gasteiger partial charge in [0, 0.05) is 25.0 Å². The Morgan fingerprint density at radius 1 is 1.43 bits per heavy atom. The Hall–Kier alpha value is -0.120. The van der Waals surface area contributed by atoms with E-state index in [-0.39, 0.29) is 6.04 Å². The van der Waals surface area contributed by atoms with Crippen molar-refractivity contribution in [2.45, 2.75) is 26.8 Å². The minimum Gasteiger partial charge on any atom is -0.379 e. The lowest BCUT2D eigenvalue weighted by atomic mass is 10.0. The van der Waals surface area contributed by atoms with Crippen LogP contribution in [0.4, 0.5) is 0 Å². The SMILES string of the molecule is CCN(CC(C)C)CC1COCC1N. The van der Waals surface area contributed by atoms with Gasteiger partial charge < -0.3 is 15.4 Å². The second kappa shape index (κ2) is 5.69. The minimum atomic E-state index is 0.246. The normalized spacial score (nSPS) is 27.9. The molecule has 0 aromatic rings. The highest BCUT2D eigenvalue weighted by atomic mass is 16.5. The Morgan fingerprint density at radius 2 is 2.14 bits per heavy atom. The largest absolute Gasteiger partial charge is 0.379 e. The van der Waals surface area contributed by atoms with Gasteiger partial charge in [-0.2, -0.15) is 0 Å². The molecule has 0 spiro atoms. The van der Waals surface area contributed by atoms with Crippen molar-refractivity contribution in [2.24, 2.45) is 17.6 Å². The fraction of sp³-hybridized carbons (Fsp3) is 1.00. The summed E-state index contributed by atoms with van der Waals surface area (Å²) in [5.74, 6) is 1.27. The zero-order valence-electron chi connectivity index (χ0n) is 9.70. The van der Waals surface area contributed by atoms with E-state index in [1.54, 1.807) is 0 Å². The summed E-state index contributed by atoms with van der Waals surface area (Å²) in [4.78, 5) is 2.48. The molecule has 0 bridgehead atoms. The summed E-state index contributed by atoms with van der Waals surface area (Å²) in [6.45, 7) is 11.7. The molecular formula is C11H24N2O. The molecule has 2 atom stereocenters. The smallest absolute Gasteiger partial charge is 0.0621 e. The summed E-state index contributed by atoms with van der Waals surface area (Å²) in [5, 5.41) is 0. The summed E-state index contributed by atoms with van der Waals surface area (Å²) < 4.78 is 5.37. The highest BCUT2D eigenvalue weighted by molar-refractivity contribution is 4.80. The van der Waals surface area contributed by atoms with E-state index >= 15 is 0 Å². The molecule has 0 amide bonds. The monoisotopic (exact) mass is 200 g/mol. The first kappa shape index (κ1) is 12.0. The van der Waals surface area contributed by atoms with Crippen LogP contribution in [0.5, 0.6) is 0 Å². The van der Waals surface area contributed by atoms with Gasteiger partial charge in [0.2, 0.25) is 0 Å². The maximum atomic E-state index is 5.96. The van der Waals surface area contributed by atoms with Gasteiger partial charge in [0.25, 0.3) is 0 Å². The lowest BCUT2D eigenvalue weighted by Gasteiger charge is -2.26. The molecule has 1 heterocycles. The van der Waals surface area contributed by atoms with Crippen molar-refractivity contribution in [3.63, 3.8) is 0 Å². The topological polar surface area (TPSA) is 38.5 Å². The molecule has 2 unspecified atom stereocenters. The van der Waals surface area contributed by atoms with Gasteiger partial charge >= 0.3 is 0 Å². The van der Waals surface area contributed by atoms with Gasteiger partial charge in [0.05, 0.1) is 13.2 Å². The zero-order chi connectivity index (χ0) is 10.6. The van der Waals surface area contributed by atoms with E-state index < -0.39 is 0 Å². The number of nitrogens with two attached hydrogens (primary N) is 1. The molecule has 0 saturated carbocycles. The molecule has 1 saturated heterocycles. The molecule has 84 valence electrons. The number of ether oxygens (including phenoxy) is 1. The van der Waals surface area contributed by atoms with Crippen LogP contribution in [-0.4, -0.2) is 43.8 Å². The Labute approximate surface area is 87.6 Å². The van der Waals surface area contributed by atoms with Gasteiger partial charge in [-0.25, -0.2) is 0 Å². The molecule has 0 aliphatic carbocycles. The predicted molar refractivity (Wildman–Crippen MR) is 59.2 cm³/mol. The van der Waals surface area contributed by atoms with Gasteiger partial charge in [-0.15, -0.1) is 0 Å². The third-order valence-electron chi connectivity index (χ3n) is 2.81. The van der Waals surface area contributed by atoms with Gasteiger partial charge in [-0.1, -0.05) is 20.8 Å². The standard InChI is InChI=1S/C11H24N2O/c1-4-13(5-9(2)3)6-10-7-14-8-11(10)12/h9-11H,4-8,12H2,1-3H3. The Bertz CT molecular complexity index is 161. The molecule has 2 N–H and O–H groups in total. The van der Waals surface area contributed by atoms with Crippen LogP contribution in [0.2, 0.25) is 0 Å². The van der Waals surface area contributed by atoms with Gasteiger partial charge in [-0.3, -0.25) is 0 Å². The van der Waals surface area contributed by atoms with Crippen molar-refractivity contribution in [3.05, 3.63) is 0 Å². The summed E-state index contributed by atoms with van der Waals surface area (Å²) in [5.41, 5.74) is 5.96. The lowest BCUT2D eigenvalue weighted by molar-refractivity contribution is 0.164. The maximum Gasteiger partial charge on any atom is 0.0621 e. The highest BCUT2D eigenvalue weighted by Crippen LogP contribution is 2.14. The van der Waals surface area contributed by atoms with Crippen LogP contribution in [0.1, 0.15) is 20.8 Å². The summed E-state index contributed by atoms with van der Waals surface area (Å²) in [6, 6.07) is 0.246.